The summed E-state index contributed by atoms with van der Waals surface area (Å²) in [5.74, 6) is 0. The maximum absolute atomic E-state index is 3.22. The summed E-state index contributed by atoms with van der Waals surface area (Å²) < 4.78 is 0. The number of nitrogens with zero attached hydrogens (tertiary/aromatic N) is 1. The molecule has 1 saturated heterocycles. The van der Waals surface area contributed by atoms with E-state index in [-0.39, 0.29) is 0 Å². The number of nitrogens with one attached hydrogen (secondary N) is 1. The molecule has 0 aromatic rings. The highest BCUT2D eigenvalue weighted by Crippen LogP contribution is 2.20. The van der Waals surface area contributed by atoms with Crippen LogP contribution in [0.2, 0.25) is 0 Å². The molecule has 1 aliphatic rings. The van der Waals surface area contributed by atoms with E-state index in [4.69, 9.17) is 0 Å². The molecule has 0 amide bonds. The van der Waals surface area contributed by atoms with Gasteiger partial charge < -0.3 is 10.2 Å². The molecular weight excluding hydrogens is 160 g/mol. The van der Waals surface area contributed by atoms with Gasteiger partial charge in [0.2, 0.25) is 0 Å². The quantitative estimate of drug-likeness (QED) is 0.634. The second-order valence-electron chi connectivity index (χ2n) is 4.08. The second-order valence-corrected chi connectivity index (χ2v) is 4.08. The third-order valence-electron chi connectivity index (χ3n) is 2.97. The van der Waals surface area contributed by atoms with E-state index in [0.29, 0.717) is 0 Å². The molecular formula is C11H24N2. The van der Waals surface area contributed by atoms with E-state index >= 15 is 0 Å². The molecule has 13 heavy (non-hydrogen) atoms. The number of likely N-dealkylation sites (tertiary alicyclic amines) is 1. The van der Waals surface area contributed by atoms with Gasteiger partial charge in [0.15, 0.2) is 0 Å². The van der Waals surface area contributed by atoms with Crippen LogP contribution in [0.4, 0.5) is 0 Å². The molecule has 2 heteroatoms. The Hall–Kier alpha value is -0.0800. The van der Waals surface area contributed by atoms with Crippen molar-refractivity contribution in [2.45, 2.75) is 45.1 Å². The van der Waals surface area contributed by atoms with Crippen molar-refractivity contribution in [3.05, 3.63) is 0 Å². The average molecular weight is 184 g/mol. The fraction of sp³-hybridized carbons (Fsp3) is 1.00. The molecule has 78 valence electrons. The van der Waals surface area contributed by atoms with Crippen LogP contribution in [0.3, 0.4) is 0 Å². The smallest absolute Gasteiger partial charge is 0.00962 e. The maximum Gasteiger partial charge on any atom is 0.00962 e. The molecule has 0 aliphatic carbocycles. The zero-order chi connectivity index (χ0) is 9.52. The molecule has 2 nitrogen and oxygen atoms in total. The summed E-state index contributed by atoms with van der Waals surface area (Å²) >= 11 is 0. The fourth-order valence-corrected chi connectivity index (χ4v) is 2.32. The lowest BCUT2D eigenvalue weighted by atomic mass is 10.1. The molecule has 1 heterocycles. The van der Waals surface area contributed by atoms with Crippen LogP contribution < -0.4 is 5.32 Å². The van der Waals surface area contributed by atoms with E-state index in [1.165, 1.54) is 51.7 Å². The molecule has 1 rings (SSSR count). The van der Waals surface area contributed by atoms with E-state index in [2.05, 4.69) is 17.1 Å². The maximum atomic E-state index is 3.22. The number of hydrogen-bond acceptors (Lipinski definition) is 2. The van der Waals surface area contributed by atoms with E-state index in [1.807, 2.05) is 7.05 Å². The first-order valence-corrected chi connectivity index (χ1v) is 5.77. The highest BCUT2D eigenvalue weighted by Gasteiger charge is 2.22. The lowest BCUT2D eigenvalue weighted by molar-refractivity contribution is 0.240. The SMILES string of the molecule is CCCN1CCCC1CCCNC. The van der Waals surface area contributed by atoms with Crippen molar-refractivity contribution in [2.24, 2.45) is 0 Å². The molecule has 0 bridgehead atoms. The lowest BCUT2D eigenvalue weighted by Gasteiger charge is -2.23. The van der Waals surface area contributed by atoms with Crippen molar-refractivity contribution >= 4 is 0 Å². The predicted octanol–water partition coefficient (Wildman–Crippen LogP) is 1.86. The molecule has 1 unspecified atom stereocenters. The minimum atomic E-state index is 0.897. The van der Waals surface area contributed by atoms with Crippen molar-refractivity contribution in [1.29, 1.82) is 0 Å². The summed E-state index contributed by atoms with van der Waals surface area (Å²) in [4.78, 5) is 2.68. The highest BCUT2D eigenvalue weighted by atomic mass is 15.2. The minimum absolute atomic E-state index is 0.897. The molecule has 0 radical (unpaired) electrons. The topological polar surface area (TPSA) is 15.3 Å². The van der Waals surface area contributed by atoms with E-state index in [0.717, 1.165) is 6.04 Å². The minimum Gasteiger partial charge on any atom is -0.320 e. The third-order valence-corrected chi connectivity index (χ3v) is 2.97. The van der Waals surface area contributed by atoms with Crippen LogP contribution in [0.1, 0.15) is 39.0 Å². The van der Waals surface area contributed by atoms with Crippen LogP contribution in [-0.2, 0) is 0 Å². The Bertz CT molecular complexity index is 125. The van der Waals surface area contributed by atoms with Gasteiger partial charge in [-0.1, -0.05) is 6.92 Å². The Balaban J connectivity index is 2.15. The van der Waals surface area contributed by atoms with Crippen molar-refractivity contribution in [3.8, 4) is 0 Å². The largest absolute Gasteiger partial charge is 0.320 e. The monoisotopic (exact) mass is 184 g/mol. The highest BCUT2D eigenvalue weighted by molar-refractivity contribution is 4.78. The number of hydrogen-bond donors (Lipinski definition) is 1. The molecule has 0 aromatic carbocycles. The van der Waals surface area contributed by atoms with E-state index in [1.54, 1.807) is 0 Å². The summed E-state index contributed by atoms with van der Waals surface area (Å²) in [7, 11) is 2.04. The first-order valence-electron chi connectivity index (χ1n) is 5.77. The normalized spacial score (nSPS) is 24.0. The molecule has 1 fully saturated rings. The summed E-state index contributed by atoms with van der Waals surface area (Å²) in [6, 6.07) is 0.897. The van der Waals surface area contributed by atoms with Gasteiger partial charge in [0.25, 0.3) is 0 Å². The zero-order valence-electron chi connectivity index (χ0n) is 9.18. The van der Waals surface area contributed by atoms with Crippen LogP contribution >= 0.6 is 0 Å². The molecule has 1 atom stereocenters. The van der Waals surface area contributed by atoms with E-state index in [9.17, 15) is 0 Å². The summed E-state index contributed by atoms with van der Waals surface area (Å²) in [5.41, 5.74) is 0. The van der Waals surface area contributed by atoms with Gasteiger partial charge in [-0.3, -0.25) is 0 Å². The van der Waals surface area contributed by atoms with Crippen molar-refractivity contribution in [2.75, 3.05) is 26.7 Å². The van der Waals surface area contributed by atoms with Crippen LogP contribution in [0.25, 0.3) is 0 Å². The van der Waals surface area contributed by atoms with Crippen LogP contribution in [0.5, 0.6) is 0 Å². The van der Waals surface area contributed by atoms with Crippen molar-refractivity contribution in [3.63, 3.8) is 0 Å². The Morgan fingerprint density at radius 2 is 2.31 bits per heavy atom. The van der Waals surface area contributed by atoms with Crippen LogP contribution in [0, 0.1) is 0 Å². The summed E-state index contributed by atoms with van der Waals surface area (Å²) in [6.07, 6.45) is 6.89. The zero-order valence-corrected chi connectivity index (χ0v) is 9.18. The van der Waals surface area contributed by atoms with Gasteiger partial charge in [-0.2, -0.15) is 0 Å². The van der Waals surface area contributed by atoms with Gasteiger partial charge in [-0.05, 0) is 58.8 Å². The Morgan fingerprint density at radius 1 is 1.46 bits per heavy atom. The van der Waals surface area contributed by atoms with Crippen LogP contribution in [0.15, 0.2) is 0 Å². The standard InChI is InChI=1S/C11H24N2/c1-3-9-13-10-5-7-11(13)6-4-8-12-2/h11-12H,3-10H2,1-2H3. The van der Waals surface area contributed by atoms with Gasteiger partial charge in [-0.25, -0.2) is 0 Å². The molecule has 0 saturated carbocycles. The predicted molar refractivity (Wildman–Crippen MR) is 58.0 cm³/mol. The third kappa shape index (κ3) is 3.65. The summed E-state index contributed by atoms with van der Waals surface area (Å²) in [5, 5.41) is 3.22. The molecule has 0 spiro atoms. The van der Waals surface area contributed by atoms with Crippen molar-refractivity contribution in [1.82, 2.24) is 10.2 Å². The molecule has 1 aliphatic heterocycles. The van der Waals surface area contributed by atoms with Gasteiger partial charge in [0.1, 0.15) is 0 Å². The van der Waals surface area contributed by atoms with Crippen LogP contribution in [-0.4, -0.2) is 37.6 Å². The Morgan fingerprint density at radius 3 is 3.00 bits per heavy atom. The molecule has 1 N–H and O–H groups in total. The van der Waals surface area contributed by atoms with Gasteiger partial charge in [0, 0.05) is 6.04 Å². The van der Waals surface area contributed by atoms with Crippen molar-refractivity contribution < 1.29 is 0 Å². The Kier molecular flexibility index (Phi) is 5.40. The van der Waals surface area contributed by atoms with E-state index < -0.39 is 0 Å². The summed E-state index contributed by atoms with van der Waals surface area (Å²) in [6.45, 7) is 6.11. The lowest BCUT2D eigenvalue weighted by Crippen LogP contribution is -2.30. The first-order chi connectivity index (χ1) is 6.38. The number of rotatable bonds is 6. The second kappa shape index (κ2) is 6.39. The van der Waals surface area contributed by atoms with Gasteiger partial charge in [-0.15, -0.1) is 0 Å². The first kappa shape index (κ1) is 11.0. The van der Waals surface area contributed by atoms with Gasteiger partial charge >= 0.3 is 0 Å². The van der Waals surface area contributed by atoms with Gasteiger partial charge in [0.05, 0.1) is 0 Å². The molecule has 0 aromatic heterocycles. The Labute approximate surface area is 82.7 Å². The fourth-order valence-electron chi connectivity index (χ4n) is 2.32. The average Bonchev–Trinajstić information content (AvgIpc) is 2.54.